The maximum atomic E-state index is 11.8. The minimum Gasteiger partial charge on any atom is -0.294 e. The second kappa shape index (κ2) is 6.91. The van der Waals surface area contributed by atoms with E-state index in [1.807, 2.05) is 18.2 Å². The van der Waals surface area contributed by atoms with Gasteiger partial charge in [0, 0.05) is 10.0 Å². The van der Waals surface area contributed by atoms with Gasteiger partial charge in [-0.3, -0.25) is 14.6 Å². The van der Waals surface area contributed by atoms with Gasteiger partial charge in [0.15, 0.2) is 11.6 Å². The summed E-state index contributed by atoms with van der Waals surface area (Å²) in [6.45, 7) is 0. The number of hydrogen-bond acceptors (Lipinski definition) is 3. The predicted molar refractivity (Wildman–Crippen MR) is 82.7 cm³/mol. The van der Waals surface area contributed by atoms with Crippen LogP contribution in [0.3, 0.4) is 0 Å². The van der Waals surface area contributed by atoms with Crippen molar-refractivity contribution in [3.63, 3.8) is 0 Å². The average molecular weight is 330 g/mol. The summed E-state index contributed by atoms with van der Waals surface area (Å²) in [7, 11) is 0. The summed E-state index contributed by atoms with van der Waals surface area (Å²) in [5.41, 5.74) is 1.21. The number of Topliss-reactive ketones (excluding diaryl/α,β-unsaturated/α-hetero) is 2. The number of carbonyl (C=O) groups excluding carboxylic acids is 2. The Morgan fingerprint density at radius 3 is 2.30 bits per heavy atom. The lowest BCUT2D eigenvalue weighted by Crippen LogP contribution is -2.08. The predicted octanol–water partition coefficient (Wildman–Crippen LogP) is 3.99. The third kappa shape index (κ3) is 4.24. The minimum atomic E-state index is -0.304. The first kappa shape index (κ1) is 14.3. The fourth-order valence-electron chi connectivity index (χ4n) is 1.60. The molecule has 2 aromatic rings. The number of hydrogen-bond donors (Lipinski definition) is 0. The van der Waals surface area contributed by atoms with E-state index >= 15 is 0 Å². The smallest absolute Gasteiger partial charge is 0.181 e. The average Bonchev–Trinajstić information content (AvgIpc) is 2.47. The molecule has 2 rings (SSSR count). The van der Waals surface area contributed by atoms with Crippen LogP contribution in [0, 0.1) is 0 Å². The molecule has 0 radical (unpaired) electrons. The van der Waals surface area contributed by atoms with Crippen molar-refractivity contribution in [3.05, 3.63) is 64.6 Å². The first-order valence-electron chi connectivity index (χ1n) is 6.06. The minimum absolute atomic E-state index is 0.163. The number of aliphatic imine (C=N–C) groups is 1. The largest absolute Gasteiger partial charge is 0.294 e. The van der Waals surface area contributed by atoms with E-state index in [1.54, 1.807) is 36.4 Å². The highest BCUT2D eigenvalue weighted by Gasteiger charge is 2.09. The van der Waals surface area contributed by atoms with Crippen molar-refractivity contribution in [2.24, 2.45) is 4.99 Å². The standard InChI is InChI=1S/C16H12BrNO2/c17-13-6-8-14(9-7-13)18-11-15(19)10-16(20)12-4-2-1-3-5-12/h1-9,11H,10H2. The molecule has 0 N–H and O–H groups in total. The van der Waals surface area contributed by atoms with Gasteiger partial charge in [0.1, 0.15) is 0 Å². The number of halogens is 1. The van der Waals surface area contributed by atoms with E-state index in [-0.39, 0.29) is 18.0 Å². The van der Waals surface area contributed by atoms with Crippen molar-refractivity contribution >= 4 is 39.4 Å². The number of rotatable bonds is 5. The van der Waals surface area contributed by atoms with E-state index in [1.165, 1.54) is 6.21 Å². The second-order valence-electron chi connectivity index (χ2n) is 4.17. The summed E-state index contributed by atoms with van der Waals surface area (Å²) in [4.78, 5) is 27.6. The number of carbonyl (C=O) groups is 2. The molecule has 0 saturated carbocycles. The monoisotopic (exact) mass is 329 g/mol. The van der Waals surface area contributed by atoms with Crippen LogP contribution in [0.4, 0.5) is 5.69 Å². The molecule has 0 unspecified atom stereocenters. The molecule has 0 amide bonds. The van der Waals surface area contributed by atoms with Crippen LogP contribution in [0.25, 0.3) is 0 Å². The highest BCUT2D eigenvalue weighted by atomic mass is 79.9. The van der Waals surface area contributed by atoms with Crippen LogP contribution < -0.4 is 0 Å². The molecule has 0 aliphatic carbocycles. The van der Waals surface area contributed by atoms with E-state index in [4.69, 9.17) is 0 Å². The van der Waals surface area contributed by atoms with Crippen LogP contribution in [0.1, 0.15) is 16.8 Å². The van der Waals surface area contributed by atoms with Crippen molar-refractivity contribution in [2.45, 2.75) is 6.42 Å². The Kier molecular flexibility index (Phi) is 4.96. The van der Waals surface area contributed by atoms with Gasteiger partial charge in [-0.15, -0.1) is 0 Å². The van der Waals surface area contributed by atoms with Crippen LogP contribution in [0.15, 0.2) is 64.1 Å². The van der Waals surface area contributed by atoms with E-state index in [2.05, 4.69) is 20.9 Å². The zero-order valence-corrected chi connectivity index (χ0v) is 12.2. The Labute approximate surface area is 125 Å². The molecule has 2 aromatic carbocycles. The fraction of sp³-hybridized carbons (Fsp3) is 0.0625. The Bertz CT molecular complexity index is 633. The van der Waals surface area contributed by atoms with Gasteiger partial charge in [0.2, 0.25) is 0 Å². The van der Waals surface area contributed by atoms with E-state index in [9.17, 15) is 9.59 Å². The fourth-order valence-corrected chi connectivity index (χ4v) is 1.87. The molecule has 0 aliphatic rings. The van der Waals surface area contributed by atoms with Crippen molar-refractivity contribution in [2.75, 3.05) is 0 Å². The molecule has 3 nitrogen and oxygen atoms in total. The highest BCUT2D eigenvalue weighted by Crippen LogP contribution is 2.16. The van der Waals surface area contributed by atoms with E-state index in [0.717, 1.165) is 4.47 Å². The first-order chi connectivity index (χ1) is 9.65. The normalized spacial score (nSPS) is 10.7. The van der Waals surface area contributed by atoms with Crippen molar-refractivity contribution in [3.8, 4) is 0 Å². The maximum Gasteiger partial charge on any atom is 0.181 e. The molecule has 0 fully saturated rings. The third-order valence-corrected chi connectivity index (χ3v) is 3.14. The summed E-state index contributed by atoms with van der Waals surface area (Å²) in [5, 5.41) is 0. The summed E-state index contributed by atoms with van der Waals surface area (Å²) < 4.78 is 0.946. The molecule has 0 bridgehead atoms. The Morgan fingerprint density at radius 2 is 1.65 bits per heavy atom. The molecule has 0 atom stereocenters. The molecule has 4 heteroatoms. The lowest BCUT2D eigenvalue weighted by Gasteiger charge is -1.97. The lowest BCUT2D eigenvalue weighted by atomic mass is 10.1. The molecule has 0 aliphatic heterocycles. The second-order valence-corrected chi connectivity index (χ2v) is 5.08. The van der Waals surface area contributed by atoms with Crippen molar-refractivity contribution in [1.29, 1.82) is 0 Å². The van der Waals surface area contributed by atoms with Gasteiger partial charge >= 0.3 is 0 Å². The van der Waals surface area contributed by atoms with Gasteiger partial charge in [-0.05, 0) is 24.3 Å². The van der Waals surface area contributed by atoms with Crippen LogP contribution in [-0.4, -0.2) is 17.8 Å². The number of nitrogens with zero attached hydrogens (tertiary/aromatic N) is 1. The summed E-state index contributed by atoms with van der Waals surface area (Å²) in [6.07, 6.45) is 1.04. The van der Waals surface area contributed by atoms with Crippen molar-refractivity contribution in [1.82, 2.24) is 0 Å². The topological polar surface area (TPSA) is 46.5 Å². The molecular weight excluding hydrogens is 318 g/mol. The molecule has 0 spiro atoms. The Balaban J connectivity index is 1.96. The quantitative estimate of drug-likeness (QED) is 0.473. The Hall–Kier alpha value is -2.07. The Morgan fingerprint density at radius 1 is 1.00 bits per heavy atom. The van der Waals surface area contributed by atoms with Crippen LogP contribution >= 0.6 is 15.9 Å². The first-order valence-corrected chi connectivity index (χ1v) is 6.85. The number of benzene rings is 2. The number of ketones is 2. The third-order valence-electron chi connectivity index (χ3n) is 2.61. The molecule has 20 heavy (non-hydrogen) atoms. The van der Waals surface area contributed by atoms with E-state index < -0.39 is 0 Å². The summed E-state index contributed by atoms with van der Waals surface area (Å²) in [5.74, 6) is -0.500. The van der Waals surface area contributed by atoms with Gasteiger partial charge in [0.05, 0.1) is 18.3 Å². The highest BCUT2D eigenvalue weighted by molar-refractivity contribution is 9.10. The molecule has 100 valence electrons. The molecular formula is C16H12BrNO2. The molecule has 0 heterocycles. The van der Waals surface area contributed by atoms with Crippen LogP contribution in [-0.2, 0) is 4.79 Å². The molecule has 0 saturated heterocycles. The molecule has 0 aromatic heterocycles. The summed E-state index contributed by atoms with van der Waals surface area (Å²) in [6, 6.07) is 16.0. The van der Waals surface area contributed by atoms with Gasteiger partial charge < -0.3 is 0 Å². The van der Waals surface area contributed by atoms with Gasteiger partial charge in [-0.1, -0.05) is 46.3 Å². The van der Waals surface area contributed by atoms with Crippen LogP contribution in [0.5, 0.6) is 0 Å². The van der Waals surface area contributed by atoms with Gasteiger partial charge in [-0.25, -0.2) is 0 Å². The van der Waals surface area contributed by atoms with Gasteiger partial charge in [-0.2, -0.15) is 0 Å². The zero-order chi connectivity index (χ0) is 14.4. The van der Waals surface area contributed by atoms with E-state index in [0.29, 0.717) is 11.3 Å². The van der Waals surface area contributed by atoms with Crippen molar-refractivity contribution < 1.29 is 9.59 Å². The van der Waals surface area contributed by atoms with Crippen LogP contribution in [0.2, 0.25) is 0 Å². The SMILES string of the molecule is O=C(C=Nc1ccc(Br)cc1)CC(=O)c1ccccc1. The summed E-state index contributed by atoms with van der Waals surface area (Å²) >= 11 is 3.32. The van der Waals surface area contributed by atoms with Gasteiger partial charge in [0.25, 0.3) is 0 Å². The zero-order valence-electron chi connectivity index (χ0n) is 10.6. The lowest BCUT2D eigenvalue weighted by molar-refractivity contribution is -0.111. The maximum absolute atomic E-state index is 11.8.